The topological polar surface area (TPSA) is 71.0 Å². The van der Waals surface area contributed by atoms with Crippen molar-refractivity contribution in [2.75, 3.05) is 18.4 Å². The highest BCUT2D eigenvalue weighted by Crippen LogP contribution is 2.31. The lowest BCUT2D eigenvalue weighted by molar-refractivity contribution is -0.137. The Labute approximate surface area is 194 Å². The molecule has 6 nitrogen and oxygen atoms in total. The van der Waals surface area contributed by atoms with Crippen LogP contribution in [0, 0.1) is 5.92 Å². The minimum absolute atomic E-state index is 0.119. The number of rotatable bonds is 5. The van der Waals surface area contributed by atoms with Crippen LogP contribution < -0.4 is 5.32 Å². The Morgan fingerprint density at radius 2 is 1.85 bits per heavy atom. The molecular weight excluding hydrogens is 410 g/mol. The molecule has 2 unspecified atom stereocenters. The molecule has 2 aliphatic rings. The van der Waals surface area contributed by atoms with Crippen LogP contribution in [0.15, 0.2) is 73.1 Å². The Balaban J connectivity index is 1.42. The van der Waals surface area contributed by atoms with Crippen LogP contribution in [0.25, 0.3) is 11.3 Å². The number of piperidine rings is 1. The van der Waals surface area contributed by atoms with Crippen LogP contribution in [0.3, 0.4) is 0 Å². The molecule has 1 fully saturated rings. The first-order valence-corrected chi connectivity index (χ1v) is 11.8. The average Bonchev–Trinajstić information content (AvgIpc) is 2.90. The fraction of sp³-hybridized carbons (Fsp3) is 0.333. The molecule has 0 radical (unpaired) electrons. The van der Waals surface area contributed by atoms with Gasteiger partial charge in [-0.3, -0.25) is 9.78 Å². The largest absolute Gasteiger partial charge is 0.342 e. The van der Waals surface area contributed by atoms with Gasteiger partial charge in [0.05, 0.1) is 5.69 Å². The number of carbonyl (C=O) groups excluding carboxylic acids is 1. The Bertz CT molecular complexity index is 1120. The van der Waals surface area contributed by atoms with Gasteiger partial charge in [-0.15, -0.1) is 0 Å². The molecule has 1 saturated heterocycles. The van der Waals surface area contributed by atoms with Gasteiger partial charge in [-0.1, -0.05) is 30.4 Å². The molecule has 1 aromatic carbocycles. The van der Waals surface area contributed by atoms with E-state index in [1.807, 2.05) is 53.4 Å². The predicted octanol–water partition coefficient (Wildman–Crippen LogP) is 5.34. The molecule has 0 bridgehead atoms. The zero-order valence-electron chi connectivity index (χ0n) is 18.7. The first-order valence-electron chi connectivity index (χ1n) is 11.8. The van der Waals surface area contributed by atoms with E-state index in [-0.39, 0.29) is 17.7 Å². The molecular formula is C27H29N5O. The molecule has 33 heavy (non-hydrogen) atoms. The highest BCUT2D eigenvalue weighted by molar-refractivity contribution is 5.79. The number of para-hydroxylation sites is 1. The lowest BCUT2D eigenvalue weighted by atomic mass is 9.90. The molecule has 3 heterocycles. The third-order valence-corrected chi connectivity index (χ3v) is 6.48. The summed E-state index contributed by atoms with van der Waals surface area (Å²) in [6.45, 7) is 1.51. The Morgan fingerprint density at radius 3 is 2.64 bits per heavy atom. The molecule has 6 heteroatoms. The number of nitrogens with zero attached hydrogens (tertiary/aromatic N) is 4. The van der Waals surface area contributed by atoms with Crippen molar-refractivity contribution in [3.05, 3.63) is 78.9 Å². The summed E-state index contributed by atoms with van der Waals surface area (Å²) >= 11 is 0. The predicted molar refractivity (Wildman–Crippen MR) is 130 cm³/mol. The molecule has 5 rings (SSSR count). The van der Waals surface area contributed by atoms with Crippen LogP contribution in [0.1, 0.15) is 43.8 Å². The van der Waals surface area contributed by atoms with Gasteiger partial charge in [0.15, 0.2) is 0 Å². The van der Waals surface area contributed by atoms with Gasteiger partial charge >= 0.3 is 0 Å². The number of benzene rings is 1. The summed E-state index contributed by atoms with van der Waals surface area (Å²) in [5, 5.41) is 3.42. The van der Waals surface area contributed by atoms with Crippen molar-refractivity contribution in [3.8, 4) is 11.3 Å². The van der Waals surface area contributed by atoms with Crippen molar-refractivity contribution < 1.29 is 4.79 Å². The van der Waals surface area contributed by atoms with Gasteiger partial charge in [-0.05, 0) is 56.4 Å². The normalized spacial score (nSPS) is 20.4. The third-order valence-electron chi connectivity index (χ3n) is 6.48. The molecule has 1 N–H and O–H groups in total. The summed E-state index contributed by atoms with van der Waals surface area (Å²) in [6.07, 6.45) is 12.7. The zero-order chi connectivity index (χ0) is 22.5. The smallest absolute Gasteiger partial charge is 0.226 e. The molecule has 3 aromatic rings. The minimum Gasteiger partial charge on any atom is -0.342 e. The second-order valence-corrected chi connectivity index (χ2v) is 8.83. The summed E-state index contributed by atoms with van der Waals surface area (Å²) in [5.41, 5.74) is 2.85. The second-order valence-electron chi connectivity index (χ2n) is 8.83. The van der Waals surface area contributed by atoms with E-state index >= 15 is 0 Å². The molecule has 2 atom stereocenters. The van der Waals surface area contributed by atoms with Crippen molar-refractivity contribution in [3.63, 3.8) is 0 Å². The summed E-state index contributed by atoms with van der Waals surface area (Å²) in [4.78, 5) is 29.2. The fourth-order valence-corrected chi connectivity index (χ4v) is 4.72. The monoisotopic (exact) mass is 439 g/mol. The number of hydrogen-bond acceptors (Lipinski definition) is 5. The molecule has 2 aromatic heterocycles. The van der Waals surface area contributed by atoms with Crippen molar-refractivity contribution in [1.29, 1.82) is 0 Å². The van der Waals surface area contributed by atoms with E-state index < -0.39 is 0 Å². The number of carbonyl (C=O) groups is 1. The molecule has 168 valence electrons. The zero-order valence-corrected chi connectivity index (χ0v) is 18.7. The van der Waals surface area contributed by atoms with Crippen molar-refractivity contribution in [1.82, 2.24) is 19.9 Å². The number of hydrogen-bond donors (Lipinski definition) is 1. The van der Waals surface area contributed by atoms with Crippen LogP contribution in [0.2, 0.25) is 0 Å². The molecule has 0 spiro atoms. The first kappa shape index (κ1) is 21.3. The lowest BCUT2D eigenvalue weighted by Crippen LogP contribution is -2.42. The van der Waals surface area contributed by atoms with Crippen molar-refractivity contribution in [2.24, 2.45) is 5.92 Å². The summed E-state index contributed by atoms with van der Waals surface area (Å²) in [7, 11) is 0. The first-order chi connectivity index (χ1) is 16.3. The van der Waals surface area contributed by atoms with Crippen molar-refractivity contribution in [2.45, 2.75) is 38.0 Å². The van der Waals surface area contributed by atoms with Crippen molar-refractivity contribution >= 4 is 17.4 Å². The molecule has 1 aliphatic carbocycles. The van der Waals surface area contributed by atoms with E-state index in [2.05, 4.69) is 22.5 Å². The maximum atomic E-state index is 13.2. The van der Waals surface area contributed by atoms with Crippen LogP contribution in [0.4, 0.5) is 11.5 Å². The number of nitrogens with one attached hydrogen (secondary N) is 1. The van der Waals surface area contributed by atoms with Gasteiger partial charge in [0.25, 0.3) is 0 Å². The third kappa shape index (κ3) is 5.11. The second kappa shape index (κ2) is 9.94. The Morgan fingerprint density at radius 1 is 1.00 bits per heavy atom. The molecule has 1 amide bonds. The number of allylic oxidation sites excluding steroid dienone is 2. The Hall–Kier alpha value is -3.54. The summed E-state index contributed by atoms with van der Waals surface area (Å²) in [5.74, 6) is 2.09. The number of anilines is 2. The van der Waals surface area contributed by atoms with E-state index in [9.17, 15) is 4.79 Å². The standard InChI is InChI=1S/C27H29N5O/c33-27(21-8-3-1-4-9-21)32-17-7-10-22(19-32)26-30-24(20-13-15-28-16-14-20)18-25(31-26)29-23-11-5-2-6-12-23/h1-3,5-6,11-16,18,21-22H,4,7-10,17,19H2,(H,29,30,31). The highest BCUT2D eigenvalue weighted by Gasteiger charge is 2.31. The quantitative estimate of drug-likeness (QED) is 0.543. The fourth-order valence-electron chi connectivity index (χ4n) is 4.72. The van der Waals surface area contributed by atoms with E-state index in [1.165, 1.54) is 0 Å². The number of pyridine rings is 1. The summed E-state index contributed by atoms with van der Waals surface area (Å²) in [6, 6.07) is 15.9. The van der Waals surface area contributed by atoms with Gasteiger partial charge < -0.3 is 10.2 Å². The SMILES string of the molecule is O=C(C1CC=CCC1)N1CCCC(c2nc(Nc3ccccc3)cc(-c3ccncc3)n2)C1. The average molecular weight is 440 g/mol. The van der Waals surface area contributed by atoms with Crippen LogP contribution >= 0.6 is 0 Å². The van der Waals surface area contributed by atoms with Gasteiger partial charge in [0.2, 0.25) is 5.91 Å². The number of likely N-dealkylation sites (tertiary alicyclic amines) is 1. The van der Waals surface area contributed by atoms with E-state index in [0.29, 0.717) is 6.54 Å². The number of aromatic nitrogens is 3. The highest BCUT2D eigenvalue weighted by atomic mass is 16.2. The lowest BCUT2D eigenvalue weighted by Gasteiger charge is -2.35. The van der Waals surface area contributed by atoms with Gasteiger partial charge in [0.1, 0.15) is 11.6 Å². The molecule has 1 aliphatic heterocycles. The maximum Gasteiger partial charge on any atom is 0.226 e. The van der Waals surface area contributed by atoms with Crippen LogP contribution in [0.5, 0.6) is 0 Å². The van der Waals surface area contributed by atoms with Gasteiger partial charge in [0, 0.05) is 54.6 Å². The minimum atomic E-state index is 0.119. The number of amides is 1. The van der Waals surface area contributed by atoms with E-state index in [4.69, 9.17) is 9.97 Å². The van der Waals surface area contributed by atoms with Gasteiger partial charge in [-0.2, -0.15) is 0 Å². The Kier molecular flexibility index (Phi) is 6.42. The van der Waals surface area contributed by atoms with Gasteiger partial charge in [-0.25, -0.2) is 9.97 Å². The molecule has 0 saturated carbocycles. The van der Waals surface area contributed by atoms with Crippen LogP contribution in [-0.4, -0.2) is 38.8 Å². The van der Waals surface area contributed by atoms with E-state index in [0.717, 1.165) is 67.2 Å². The summed E-state index contributed by atoms with van der Waals surface area (Å²) < 4.78 is 0. The maximum absolute atomic E-state index is 13.2. The van der Waals surface area contributed by atoms with E-state index in [1.54, 1.807) is 12.4 Å². The van der Waals surface area contributed by atoms with Crippen LogP contribution in [-0.2, 0) is 4.79 Å².